The van der Waals surface area contributed by atoms with E-state index in [1.54, 1.807) is 4.90 Å². The van der Waals surface area contributed by atoms with Gasteiger partial charge in [-0.3, -0.25) is 14.9 Å². The van der Waals surface area contributed by atoms with Gasteiger partial charge in [-0.2, -0.15) is 0 Å². The highest BCUT2D eigenvalue weighted by molar-refractivity contribution is 8.14. The van der Waals surface area contributed by atoms with Crippen LogP contribution in [0.15, 0.2) is 36.9 Å². The first-order chi connectivity index (χ1) is 14.8. The highest BCUT2D eigenvalue weighted by atomic mass is 32.2. The molecule has 1 N–H and O–H groups in total. The molecule has 1 saturated heterocycles. The molecule has 0 spiro atoms. The summed E-state index contributed by atoms with van der Waals surface area (Å²) in [6.07, 6.45) is 1.43. The molecule has 1 fully saturated rings. The maximum Gasteiger partial charge on any atom is 0.410 e. The number of hydrogen-bond acceptors (Lipinski definition) is 8. The summed E-state index contributed by atoms with van der Waals surface area (Å²) in [5.74, 6) is 0. The number of nitro groups is 1. The summed E-state index contributed by atoms with van der Waals surface area (Å²) < 4.78 is 10.2. The fourth-order valence-corrected chi connectivity index (χ4v) is 4.18. The summed E-state index contributed by atoms with van der Waals surface area (Å²) in [4.78, 5) is 47.5. The first-order valence-electron chi connectivity index (χ1n) is 9.65. The van der Waals surface area contributed by atoms with E-state index in [-0.39, 0.29) is 35.3 Å². The first-order valence-corrected chi connectivity index (χ1v) is 10.5. The molecule has 0 aliphatic carbocycles. The minimum atomic E-state index is -0.570. The highest BCUT2D eigenvalue weighted by Crippen LogP contribution is 2.30. The van der Waals surface area contributed by atoms with Crippen molar-refractivity contribution in [2.45, 2.75) is 37.7 Å². The molecule has 0 radical (unpaired) electrons. The number of non-ortho nitro benzene ring substituents is 1. The number of nitrogens with one attached hydrogen (secondary N) is 1. The summed E-state index contributed by atoms with van der Waals surface area (Å²) in [7, 11) is 0. The molecule has 2 atom stereocenters. The predicted octanol–water partition coefficient (Wildman–Crippen LogP) is 3.26. The van der Waals surface area contributed by atoms with E-state index in [1.165, 1.54) is 49.0 Å². The Morgan fingerprint density at radius 3 is 2.65 bits per heavy atom. The zero-order valence-corrected chi connectivity index (χ0v) is 18.0. The average molecular weight is 452 g/mol. The lowest BCUT2D eigenvalue weighted by Crippen LogP contribution is -2.38. The number of nitrogens with zero attached hydrogens (tertiary/aromatic N) is 2. The summed E-state index contributed by atoms with van der Waals surface area (Å²) >= 11 is 1.18. The van der Waals surface area contributed by atoms with Crippen LogP contribution in [-0.2, 0) is 20.9 Å². The number of rotatable bonds is 9. The van der Waals surface area contributed by atoms with Gasteiger partial charge in [0.1, 0.15) is 13.2 Å². The van der Waals surface area contributed by atoms with Crippen molar-refractivity contribution in [3.8, 4) is 0 Å². The van der Waals surface area contributed by atoms with Crippen LogP contribution in [0.4, 0.5) is 15.3 Å². The van der Waals surface area contributed by atoms with Crippen molar-refractivity contribution in [2.75, 3.05) is 19.7 Å². The van der Waals surface area contributed by atoms with Gasteiger partial charge in [0.15, 0.2) is 5.12 Å². The van der Waals surface area contributed by atoms with Crippen LogP contribution in [0, 0.1) is 10.1 Å². The quantitative estimate of drug-likeness (QED) is 0.344. The Hall–Kier alpha value is -3.08. The first kappa shape index (κ1) is 24.2. The molecule has 1 aromatic carbocycles. The SMILES string of the molecule is C=CCOC(=O)NCC[C@@H]1C[C@H](SC(C)=O)CN1C(=O)OCc1ccc([N+](=O)[O-])cc1. The smallest absolute Gasteiger partial charge is 0.410 e. The molecule has 0 bridgehead atoms. The van der Waals surface area contributed by atoms with Crippen LogP contribution in [0.5, 0.6) is 0 Å². The van der Waals surface area contributed by atoms with E-state index < -0.39 is 17.1 Å². The molecule has 1 heterocycles. The lowest BCUT2D eigenvalue weighted by atomic mass is 10.1. The van der Waals surface area contributed by atoms with Gasteiger partial charge in [-0.05, 0) is 30.5 Å². The Balaban J connectivity index is 1.92. The van der Waals surface area contributed by atoms with Gasteiger partial charge in [0.25, 0.3) is 5.69 Å². The molecule has 31 heavy (non-hydrogen) atoms. The van der Waals surface area contributed by atoms with E-state index in [0.717, 1.165) is 0 Å². The number of likely N-dealkylation sites (tertiary alicyclic amines) is 1. The maximum absolute atomic E-state index is 12.7. The highest BCUT2D eigenvalue weighted by Gasteiger charge is 2.36. The lowest BCUT2D eigenvalue weighted by Gasteiger charge is -2.24. The largest absolute Gasteiger partial charge is 0.445 e. The number of alkyl carbamates (subject to hydrolysis) is 1. The average Bonchev–Trinajstić information content (AvgIpc) is 3.12. The van der Waals surface area contributed by atoms with Crippen molar-refractivity contribution in [3.05, 3.63) is 52.6 Å². The minimum Gasteiger partial charge on any atom is -0.445 e. The lowest BCUT2D eigenvalue weighted by molar-refractivity contribution is -0.384. The normalized spacial score (nSPS) is 17.6. The molecule has 168 valence electrons. The van der Waals surface area contributed by atoms with E-state index in [4.69, 9.17) is 9.47 Å². The number of amides is 2. The van der Waals surface area contributed by atoms with Crippen LogP contribution in [0.1, 0.15) is 25.3 Å². The van der Waals surface area contributed by atoms with Gasteiger partial charge in [-0.1, -0.05) is 24.4 Å². The van der Waals surface area contributed by atoms with Crippen molar-refractivity contribution in [3.63, 3.8) is 0 Å². The Kier molecular flexibility index (Phi) is 9.32. The van der Waals surface area contributed by atoms with Gasteiger partial charge >= 0.3 is 12.2 Å². The summed E-state index contributed by atoms with van der Waals surface area (Å²) in [5.41, 5.74) is 0.578. The molecule has 2 amide bonds. The van der Waals surface area contributed by atoms with E-state index in [9.17, 15) is 24.5 Å². The van der Waals surface area contributed by atoms with E-state index in [2.05, 4.69) is 11.9 Å². The monoisotopic (exact) mass is 451 g/mol. The fourth-order valence-electron chi connectivity index (χ4n) is 3.16. The molecule has 2 rings (SSSR count). The minimum absolute atomic E-state index is 0.0311. The number of carbonyl (C=O) groups is 3. The molecule has 0 aromatic heterocycles. The third-order valence-electron chi connectivity index (χ3n) is 4.53. The van der Waals surface area contributed by atoms with Crippen molar-refractivity contribution in [1.82, 2.24) is 10.2 Å². The van der Waals surface area contributed by atoms with Crippen LogP contribution >= 0.6 is 11.8 Å². The molecular weight excluding hydrogens is 426 g/mol. The van der Waals surface area contributed by atoms with E-state index in [0.29, 0.717) is 31.5 Å². The second-order valence-electron chi connectivity index (χ2n) is 6.85. The van der Waals surface area contributed by atoms with Crippen LogP contribution in [0.2, 0.25) is 0 Å². The molecule has 1 aromatic rings. The summed E-state index contributed by atoms with van der Waals surface area (Å²) in [6, 6.07) is 5.54. The number of benzene rings is 1. The standard InChI is InChI=1S/C20H25N3O7S/c1-3-10-29-19(25)21-9-8-17-11-18(31-14(2)24)12-22(17)20(26)30-13-15-4-6-16(7-5-15)23(27)28/h3-7,17-18H,1,8-13H2,2H3,(H,21,25)/t17-,18+/m1/s1. The number of nitro benzene ring substituents is 1. The molecular formula is C20H25N3O7S. The van der Waals surface area contributed by atoms with Gasteiger partial charge < -0.3 is 19.7 Å². The molecule has 1 aliphatic heterocycles. The van der Waals surface area contributed by atoms with E-state index >= 15 is 0 Å². The van der Waals surface area contributed by atoms with Crippen LogP contribution in [-0.4, -0.2) is 58.1 Å². The zero-order chi connectivity index (χ0) is 22.8. The number of thioether (sulfide) groups is 1. The molecule has 1 aliphatic rings. The predicted molar refractivity (Wildman–Crippen MR) is 115 cm³/mol. The summed E-state index contributed by atoms with van der Waals surface area (Å²) in [5, 5.41) is 13.3. The third-order valence-corrected chi connectivity index (χ3v) is 5.54. The molecule has 0 saturated carbocycles. The third kappa shape index (κ3) is 7.93. The topological polar surface area (TPSA) is 128 Å². The Morgan fingerprint density at radius 1 is 1.32 bits per heavy atom. The zero-order valence-electron chi connectivity index (χ0n) is 17.2. The Labute approximate surface area is 184 Å². The van der Waals surface area contributed by atoms with Gasteiger partial charge in [-0.25, -0.2) is 9.59 Å². The molecule has 10 nitrogen and oxygen atoms in total. The van der Waals surface area contributed by atoms with Crippen molar-refractivity contribution >= 4 is 34.8 Å². The fraction of sp³-hybridized carbons (Fsp3) is 0.450. The van der Waals surface area contributed by atoms with Gasteiger partial charge in [0.2, 0.25) is 0 Å². The van der Waals surface area contributed by atoms with Crippen molar-refractivity contribution in [2.24, 2.45) is 0 Å². The van der Waals surface area contributed by atoms with Crippen molar-refractivity contribution < 1.29 is 28.8 Å². The van der Waals surface area contributed by atoms with Crippen LogP contribution in [0.25, 0.3) is 0 Å². The molecule has 11 heteroatoms. The van der Waals surface area contributed by atoms with Crippen LogP contribution in [0.3, 0.4) is 0 Å². The van der Waals surface area contributed by atoms with E-state index in [1.807, 2.05) is 0 Å². The number of carbonyl (C=O) groups excluding carboxylic acids is 3. The second kappa shape index (κ2) is 11.9. The van der Waals surface area contributed by atoms with Gasteiger partial charge in [-0.15, -0.1) is 0 Å². The number of hydrogen-bond donors (Lipinski definition) is 1. The van der Waals surface area contributed by atoms with Crippen LogP contribution < -0.4 is 5.32 Å². The van der Waals surface area contributed by atoms with Crippen molar-refractivity contribution in [1.29, 1.82) is 0 Å². The molecule has 0 unspecified atom stereocenters. The van der Waals surface area contributed by atoms with Gasteiger partial charge in [0.05, 0.1) is 4.92 Å². The Morgan fingerprint density at radius 2 is 2.03 bits per heavy atom. The maximum atomic E-state index is 12.7. The van der Waals surface area contributed by atoms with Gasteiger partial charge in [0, 0.05) is 43.4 Å². The second-order valence-corrected chi connectivity index (χ2v) is 8.33. The number of ether oxygens (including phenoxy) is 2. The summed E-state index contributed by atoms with van der Waals surface area (Å²) in [6.45, 7) is 5.67. The Bertz CT molecular complexity index is 815.